The second kappa shape index (κ2) is 7.50. The van der Waals surface area contributed by atoms with E-state index >= 15 is 0 Å². The van der Waals surface area contributed by atoms with Crippen LogP contribution in [0, 0.1) is 5.92 Å². The Morgan fingerprint density at radius 2 is 2.32 bits per heavy atom. The molecular weight excluding hydrogens is 264 g/mol. The topological polar surface area (TPSA) is 83.8 Å². The monoisotopic (exact) mass is 286 g/mol. The first-order chi connectivity index (χ1) is 8.66. The summed E-state index contributed by atoms with van der Waals surface area (Å²) < 4.78 is 0. The summed E-state index contributed by atoms with van der Waals surface area (Å²) in [5.74, 6) is 0.432. The van der Waals surface area contributed by atoms with Gasteiger partial charge in [0.05, 0.1) is 12.2 Å². The lowest BCUT2D eigenvalue weighted by Crippen LogP contribution is -2.37. The van der Waals surface area contributed by atoms with Gasteiger partial charge in [0.1, 0.15) is 0 Å². The summed E-state index contributed by atoms with van der Waals surface area (Å²) in [5, 5.41) is 9.63. The molecule has 19 heavy (non-hydrogen) atoms. The molecule has 0 bridgehead atoms. The van der Waals surface area contributed by atoms with Gasteiger partial charge in [0.2, 0.25) is 5.91 Å². The van der Waals surface area contributed by atoms with Crippen molar-refractivity contribution in [2.45, 2.75) is 51.1 Å². The molecule has 1 aromatic heterocycles. The lowest BCUT2D eigenvalue weighted by molar-refractivity contribution is -0.123. The van der Waals surface area contributed by atoms with E-state index in [1.165, 1.54) is 12.8 Å². The Hall–Kier alpha value is -1.07. The highest BCUT2D eigenvalue weighted by molar-refractivity contribution is 5.85. The van der Waals surface area contributed by atoms with Gasteiger partial charge in [-0.25, -0.2) is 0 Å². The quantitative estimate of drug-likeness (QED) is 0.790. The number of nitrogens with zero attached hydrogens (tertiary/aromatic N) is 1. The number of carbonyl (C=O) groups is 1. The van der Waals surface area contributed by atoms with E-state index in [-0.39, 0.29) is 30.4 Å². The third kappa shape index (κ3) is 4.51. The zero-order chi connectivity index (χ0) is 13.0. The molecule has 0 aliphatic heterocycles. The number of hydrogen-bond donors (Lipinski definition) is 3. The summed E-state index contributed by atoms with van der Waals surface area (Å²) in [6, 6.07) is 0.185. The van der Waals surface area contributed by atoms with Crippen LogP contribution in [-0.2, 0) is 4.79 Å². The molecule has 1 saturated carbocycles. The first kappa shape index (κ1) is 16.0. The Morgan fingerprint density at radius 3 is 2.95 bits per heavy atom. The van der Waals surface area contributed by atoms with Crippen molar-refractivity contribution in [1.82, 2.24) is 15.5 Å². The van der Waals surface area contributed by atoms with Gasteiger partial charge in [-0.1, -0.05) is 12.8 Å². The summed E-state index contributed by atoms with van der Waals surface area (Å²) in [7, 11) is 0. The third-order valence-electron chi connectivity index (χ3n) is 3.81. The second-order valence-electron chi connectivity index (χ2n) is 5.23. The molecule has 1 aromatic rings. The van der Waals surface area contributed by atoms with Crippen LogP contribution in [0.25, 0.3) is 0 Å². The van der Waals surface area contributed by atoms with Crippen LogP contribution in [0.5, 0.6) is 0 Å². The molecule has 0 aromatic carbocycles. The number of rotatable bonds is 4. The van der Waals surface area contributed by atoms with Crippen molar-refractivity contribution in [1.29, 1.82) is 0 Å². The maximum Gasteiger partial charge on any atom is 0.220 e. The molecule has 1 fully saturated rings. The zero-order valence-corrected chi connectivity index (χ0v) is 12.1. The number of nitrogens with two attached hydrogens (primary N) is 1. The zero-order valence-electron chi connectivity index (χ0n) is 11.3. The molecule has 1 aliphatic rings. The first-order valence-electron chi connectivity index (χ1n) is 6.70. The van der Waals surface area contributed by atoms with E-state index in [9.17, 15) is 4.79 Å². The number of halogens is 1. The number of aromatic nitrogens is 2. The minimum Gasteiger partial charge on any atom is -0.349 e. The summed E-state index contributed by atoms with van der Waals surface area (Å²) in [6.07, 6.45) is 8.61. The lowest BCUT2D eigenvalue weighted by atomic mass is 9.83. The standard InChI is InChI=1S/C13H22N4O.ClH/c1-9(11-7-15-16-8-11)17-13(18)6-10-4-2-3-5-12(10)14;/h7-10,12H,2-6,14H2,1H3,(H,15,16)(H,17,18);1H. The fourth-order valence-corrected chi connectivity index (χ4v) is 2.61. The Morgan fingerprint density at radius 1 is 1.58 bits per heavy atom. The van der Waals surface area contributed by atoms with Gasteiger partial charge >= 0.3 is 0 Å². The molecule has 0 saturated heterocycles. The fraction of sp³-hybridized carbons (Fsp3) is 0.692. The minimum absolute atomic E-state index is 0. The van der Waals surface area contributed by atoms with Crippen LogP contribution < -0.4 is 11.1 Å². The highest BCUT2D eigenvalue weighted by Crippen LogP contribution is 2.25. The van der Waals surface area contributed by atoms with Crippen LogP contribution in [0.4, 0.5) is 0 Å². The molecule has 108 valence electrons. The maximum absolute atomic E-state index is 12.0. The van der Waals surface area contributed by atoms with E-state index in [2.05, 4.69) is 15.5 Å². The number of amides is 1. The highest BCUT2D eigenvalue weighted by atomic mass is 35.5. The highest BCUT2D eigenvalue weighted by Gasteiger charge is 2.24. The van der Waals surface area contributed by atoms with Crippen molar-refractivity contribution >= 4 is 18.3 Å². The van der Waals surface area contributed by atoms with Gasteiger partial charge in [-0.15, -0.1) is 12.4 Å². The van der Waals surface area contributed by atoms with Gasteiger partial charge in [-0.2, -0.15) is 5.10 Å². The number of H-pyrrole nitrogens is 1. The van der Waals surface area contributed by atoms with Gasteiger partial charge < -0.3 is 11.1 Å². The van der Waals surface area contributed by atoms with Crippen LogP contribution in [0.3, 0.4) is 0 Å². The number of carbonyl (C=O) groups excluding carboxylic acids is 1. The van der Waals surface area contributed by atoms with E-state index < -0.39 is 0 Å². The average molecular weight is 287 g/mol. The van der Waals surface area contributed by atoms with Gasteiger partial charge in [-0.05, 0) is 25.7 Å². The van der Waals surface area contributed by atoms with E-state index in [1.54, 1.807) is 12.4 Å². The van der Waals surface area contributed by atoms with Gasteiger partial charge in [0.25, 0.3) is 0 Å². The maximum atomic E-state index is 12.0. The van der Waals surface area contributed by atoms with Crippen molar-refractivity contribution in [3.63, 3.8) is 0 Å². The molecule has 2 rings (SSSR count). The van der Waals surface area contributed by atoms with Crippen LogP contribution in [0.1, 0.15) is 50.6 Å². The van der Waals surface area contributed by atoms with Crippen molar-refractivity contribution < 1.29 is 4.79 Å². The second-order valence-corrected chi connectivity index (χ2v) is 5.23. The summed E-state index contributed by atoms with van der Waals surface area (Å²) in [5.41, 5.74) is 7.05. The predicted octanol–water partition coefficient (Wildman–Crippen LogP) is 1.92. The van der Waals surface area contributed by atoms with Crippen molar-refractivity contribution in [2.75, 3.05) is 0 Å². The van der Waals surface area contributed by atoms with Crippen molar-refractivity contribution in [3.8, 4) is 0 Å². The molecule has 4 N–H and O–H groups in total. The largest absolute Gasteiger partial charge is 0.349 e. The van der Waals surface area contributed by atoms with E-state index in [0.29, 0.717) is 12.3 Å². The summed E-state index contributed by atoms with van der Waals surface area (Å²) in [4.78, 5) is 12.0. The molecular formula is C13H23ClN4O. The Kier molecular flexibility index (Phi) is 6.31. The normalized spacial score (nSPS) is 24.3. The fourth-order valence-electron chi connectivity index (χ4n) is 2.61. The van der Waals surface area contributed by atoms with Crippen LogP contribution in [0.2, 0.25) is 0 Å². The molecule has 0 spiro atoms. The van der Waals surface area contributed by atoms with Gasteiger partial charge in [0, 0.05) is 24.2 Å². The number of hydrogen-bond acceptors (Lipinski definition) is 3. The molecule has 6 heteroatoms. The summed E-state index contributed by atoms with van der Waals surface area (Å²) >= 11 is 0. The third-order valence-corrected chi connectivity index (χ3v) is 3.81. The number of aromatic amines is 1. The molecule has 3 atom stereocenters. The predicted molar refractivity (Wildman–Crippen MR) is 76.9 cm³/mol. The van der Waals surface area contributed by atoms with Gasteiger partial charge in [-0.3, -0.25) is 9.89 Å². The van der Waals surface area contributed by atoms with E-state index in [1.807, 2.05) is 6.92 Å². The summed E-state index contributed by atoms with van der Waals surface area (Å²) in [6.45, 7) is 1.96. The molecule has 1 aliphatic carbocycles. The molecule has 3 unspecified atom stereocenters. The van der Waals surface area contributed by atoms with Crippen LogP contribution >= 0.6 is 12.4 Å². The van der Waals surface area contributed by atoms with Crippen molar-refractivity contribution in [3.05, 3.63) is 18.0 Å². The Bertz CT molecular complexity index is 382. The molecule has 1 heterocycles. The lowest BCUT2D eigenvalue weighted by Gasteiger charge is -2.28. The Balaban J connectivity index is 0.00000180. The average Bonchev–Trinajstić information content (AvgIpc) is 2.85. The molecule has 1 amide bonds. The number of nitrogens with one attached hydrogen (secondary N) is 2. The van der Waals surface area contributed by atoms with Crippen LogP contribution in [-0.4, -0.2) is 22.1 Å². The molecule has 5 nitrogen and oxygen atoms in total. The minimum atomic E-state index is -0.00364. The Labute approximate surface area is 120 Å². The van der Waals surface area contributed by atoms with Crippen molar-refractivity contribution in [2.24, 2.45) is 11.7 Å². The molecule has 0 radical (unpaired) electrons. The van der Waals surface area contributed by atoms with Crippen LogP contribution in [0.15, 0.2) is 12.4 Å². The van der Waals surface area contributed by atoms with Gasteiger partial charge in [0.15, 0.2) is 0 Å². The van der Waals surface area contributed by atoms with E-state index in [4.69, 9.17) is 5.73 Å². The van der Waals surface area contributed by atoms with E-state index in [0.717, 1.165) is 18.4 Å². The smallest absolute Gasteiger partial charge is 0.220 e. The first-order valence-corrected chi connectivity index (χ1v) is 6.70. The SMILES string of the molecule is CC(NC(=O)CC1CCCCC1N)c1cn[nH]c1.Cl.